The van der Waals surface area contributed by atoms with Crippen LogP contribution in [0.1, 0.15) is 28.6 Å². The number of rotatable bonds is 9. The molecule has 1 amide bonds. The molecular weight excluding hydrogens is 438 g/mol. The van der Waals surface area contributed by atoms with Gasteiger partial charge in [-0.15, -0.1) is 0 Å². The van der Waals surface area contributed by atoms with Gasteiger partial charge in [-0.1, -0.05) is 36.0 Å². The monoisotopic (exact) mass is 463 g/mol. The molecular formula is C25H25N3O4S. The summed E-state index contributed by atoms with van der Waals surface area (Å²) in [6.07, 6.45) is 3.41. The minimum atomic E-state index is -0.159. The zero-order chi connectivity index (χ0) is 23.2. The van der Waals surface area contributed by atoms with Crippen molar-refractivity contribution in [1.82, 2.24) is 14.9 Å². The maximum absolute atomic E-state index is 13.6. The van der Waals surface area contributed by atoms with Gasteiger partial charge in [0.1, 0.15) is 5.58 Å². The molecule has 0 N–H and O–H groups in total. The standard InChI is InChI=1S/C25H25N3O4S/c1-4-28(15-17-10-11-21(30-2)22(14-17)31-3)24(29)23-19(16-33-25-26-12-7-13-27-25)18-8-5-6-9-20(18)32-23/h5-14H,4,15-16H2,1-3H3. The van der Waals surface area contributed by atoms with Crippen LogP contribution in [0.2, 0.25) is 0 Å². The van der Waals surface area contributed by atoms with Gasteiger partial charge in [0, 0.05) is 42.2 Å². The van der Waals surface area contributed by atoms with Crippen LogP contribution in [0.3, 0.4) is 0 Å². The van der Waals surface area contributed by atoms with Crippen molar-refractivity contribution in [1.29, 1.82) is 0 Å². The van der Waals surface area contributed by atoms with Crippen molar-refractivity contribution >= 4 is 28.6 Å². The summed E-state index contributed by atoms with van der Waals surface area (Å²) >= 11 is 1.47. The lowest BCUT2D eigenvalue weighted by Gasteiger charge is -2.21. The average Bonchev–Trinajstić information content (AvgIpc) is 3.24. The number of methoxy groups -OCH3 is 2. The first kappa shape index (κ1) is 22.7. The van der Waals surface area contributed by atoms with Crippen molar-refractivity contribution in [2.75, 3.05) is 20.8 Å². The van der Waals surface area contributed by atoms with Crippen LogP contribution in [0.5, 0.6) is 11.5 Å². The predicted molar refractivity (Wildman–Crippen MR) is 128 cm³/mol. The Kier molecular flexibility index (Phi) is 7.14. The van der Waals surface area contributed by atoms with Crippen LogP contribution < -0.4 is 9.47 Å². The predicted octanol–water partition coefficient (Wildman–Crippen LogP) is 5.19. The van der Waals surface area contributed by atoms with Gasteiger partial charge in [0.05, 0.1) is 14.2 Å². The Balaban J connectivity index is 1.63. The van der Waals surface area contributed by atoms with Crippen LogP contribution in [-0.2, 0) is 12.3 Å². The molecule has 0 saturated heterocycles. The molecule has 0 radical (unpaired) electrons. The minimum absolute atomic E-state index is 0.159. The molecule has 0 unspecified atom stereocenters. The van der Waals surface area contributed by atoms with Gasteiger partial charge in [0.25, 0.3) is 5.91 Å². The molecule has 0 atom stereocenters. The molecule has 0 spiro atoms. The first-order valence-electron chi connectivity index (χ1n) is 10.5. The van der Waals surface area contributed by atoms with E-state index in [0.717, 1.165) is 16.5 Å². The van der Waals surface area contributed by atoms with Gasteiger partial charge in [-0.2, -0.15) is 0 Å². The number of benzene rings is 2. The Bertz CT molecular complexity index is 1240. The van der Waals surface area contributed by atoms with Crippen LogP contribution >= 0.6 is 11.8 Å². The van der Waals surface area contributed by atoms with Crippen LogP contribution in [0.4, 0.5) is 0 Å². The largest absolute Gasteiger partial charge is 0.493 e. The second-order valence-corrected chi connectivity index (χ2v) is 8.18. The highest BCUT2D eigenvalue weighted by molar-refractivity contribution is 7.98. The van der Waals surface area contributed by atoms with E-state index in [1.54, 1.807) is 37.6 Å². The maximum Gasteiger partial charge on any atom is 0.290 e. The van der Waals surface area contributed by atoms with Gasteiger partial charge in [-0.3, -0.25) is 4.79 Å². The van der Waals surface area contributed by atoms with E-state index in [2.05, 4.69) is 9.97 Å². The SMILES string of the molecule is CCN(Cc1ccc(OC)c(OC)c1)C(=O)c1oc2ccccc2c1CSc1ncccn1. The van der Waals surface area contributed by atoms with E-state index in [1.165, 1.54) is 11.8 Å². The number of carbonyl (C=O) groups is 1. The summed E-state index contributed by atoms with van der Waals surface area (Å²) in [5.74, 6) is 1.99. The number of carbonyl (C=O) groups excluding carboxylic acids is 1. The molecule has 33 heavy (non-hydrogen) atoms. The zero-order valence-electron chi connectivity index (χ0n) is 18.8. The van der Waals surface area contributed by atoms with E-state index in [-0.39, 0.29) is 5.91 Å². The number of fused-ring (bicyclic) bond motifs is 1. The van der Waals surface area contributed by atoms with Crippen LogP contribution in [-0.4, -0.2) is 41.5 Å². The minimum Gasteiger partial charge on any atom is -0.493 e. The highest BCUT2D eigenvalue weighted by Crippen LogP contribution is 2.33. The third-order valence-corrected chi connectivity index (χ3v) is 6.17. The summed E-state index contributed by atoms with van der Waals surface area (Å²) in [4.78, 5) is 23.9. The van der Waals surface area contributed by atoms with Crippen molar-refractivity contribution in [3.8, 4) is 11.5 Å². The Hall–Kier alpha value is -3.52. The average molecular weight is 464 g/mol. The number of amides is 1. The fourth-order valence-electron chi connectivity index (χ4n) is 3.58. The molecule has 2 aromatic heterocycles. The highest BCUT2D eigenvalue weighted by Gasteiger charge is 2.25. The van der Waals surface area contributed by atoms with Crippen molar-refractivity contribution in [3.63, 3.8) is 0 Å². The van der Waals surface area contributed by atoms with Crippen LogP contribution in [0.15, 0.2) is 70.5 Å². The van der Waals surface area contributed by atoms with Gasteiger partial charge in [-0.25, -0.2) is 9.97 Å². The summed E-state index contributed by atoms with van der Waals surface area (Å²) < 4.78 is 16.8. The Morgan fingerprint density at radius 3 is 2.52 bits per heavy atom. The fourth-order valence-corrected chi connectivity index (χ4v) is 4.41. The highest BCUT2D eigenvalue weighted by atomic mass is 32.2. The molecule has 8 heteroatoms. The van der Waals surface area contributed by atoms with Crippen molar-refractivity contribution < 1.29 is 18.7 Å². The summed E-state index contributed by atoms with van der Waals surface area (Å²) in [5, 5.41) is 1.57. The Morgan fingerprint density at radius 1 is 1.03 bits per heavy atom. The molecule has 170 valence electrons. The number of aromatic nitrogens is 2. The molecule has 2 aromatic carbocycles. The quantitative estimate of drug-likeness (QED) is 0.250. The van der Waals surface area contributed by atoms with Crippen molar-refractivity contribution in [2.45, 2.75) is 24.4 Å². The molecule has 4 rings (SSSR count). The lowest BCUT2D eigenvalue weighted by atomic mass is 10.1. The second kappa shape index (κ2) is 10.4. The van der Waals surface area contributed by atoms with E-state index in [1.807, 2.05) is 49.4 Å². The fraction of sp³-hybridized carbons (Fsp3) is 0.240. The van der Waals surface area contributed by atoms with E-state index in [4.69, 9.17) is 13.9 Å². The number of thioether (sulfide) groups is 1. The van der Waals surface area contributed by atoms with E-state index in [9.17, 15) is 4.79 Å². The van der Waals surface area contributed by atoms with E-state index < -0.39 is 0 Å². The second-order valence-electron chi connectivity index (χ2n) is 7.23. The van der Waals surface area contributed by atoms with Gasteiger partial charge < -0.3 is 18.8 Å². The van der Waals surface area contributed by atoms with Crippen LogP contribution in [0.25, 0.3) is 11.0 Å². The molecule has 0 aliphatic heterocycles. The normalized spacial score (nSPS) is 10.9. The topological polar surface area (TPSA) is 77.7 Å². The number of ether oxygens (including phenoxy) is 2. The number of para-hydroxylation sites is 1. The molecule has 0 aliphatic carbocycles. The van der Waals surface area contributed by atoms with Crippen LogP contribution in [0, 0.1) is 0 Å². The molecule has 7 nitrogen and oxygen atoms in total. The number of hydrogen-bond donors (Lipinski definition) is 0. The van der Waals surface area contributed by atoms with Gasteiger partial charge in [-0.05, 0) is 36.8 Å². The number of nitrogens with zero attached hydrogens (tertiary/aromatic N) is 3. The van der Waals surface area contributed by atoms with Crippen molar-refractivity contribution in [2.24, 2.45) is 0 Å². The van der Waals surface area contributed by atoms with E-state index in [0.29, 0.717) is 46.8 Å². The summed E-state index contributed by atoms with van der Waals surface area (Å²) in [7, 11) is 3.19. The zero-order valence-corrected chi connectivity index (χ0v) is 19.6. The summed E-state index contributed by atoms with van der Waals surface area (Å²) in [6.45, 7) is 2.90. The molecule has 0 aliphatic rings. The van der Waals surface area contributed by atoms with Gasteiger partial charge >= 0.3 is 0 Å². The number of hydrogen-bond acceptors (Lipinski definition) is 7. The molecule has 0 bridgehead atoms. The number of furan rings is 1. The van der Waals surface area contributed by atoms with Crippen molar-refractivity contribution in [3.05, 3.63) is 77.8 Å². The van der Waals surface area contributed by atoms with E-state index >= 15 is 0 Å². The van der Waals surface area contributed by atoms with Gasteiger partial charge in [0.2, 0.25) is 0 Å². The molecule has 2 heterocycles. The first-order valence-corrected chi connectivity index (χ1v) is 11.5. The molecule has 0 fully saturated rings. The summed E-state index contributed by atoms with van der Waals surface area (Å²) in [5.41, 5.74) is 2.47. The molecule has 4 aromatic rings. The third-order valence-electron chi connectivity index (χ3n) is 5.27. The summed E-state index contributed by atoms with van der Waals surface area (Å²) in [6, 6.07) is 15.1. The lowest BCUT2D eigenvalue weighted by Crippen LogP contribution is -2.30. The lowest BCUT2D eigenvalue weighted by molar-refractivity contribution is 0.0721. The third kappa shape index (κ3) is 4.96. The molecule has 0 saturated carbocycles. The van der Waals surface area contributed by atoms with Gasteiger partial charge in [0.15, 0.2) is 22.4 Å². The smallest absolute Gasteiger partial charge is 0.290 e. The maximum atomic E-state index is 13.6. The first-order chi connectivity index (χ1) is 16.1. The Labute approximate surface area is 196 Å². The Morgan fingerprint density at radius 2 is 1.79 bits per heavy atom.